The van der Waals surface area contributed by atoms with E-state index >= 15 is 0 Å². The molecule has 0 aromatic carbocycles. The maximum atomic E-state index is 5.67. The van der Waals surface area contributed by atoms with Crippen molar-refractivity contribution < 1.29 is 4.74 Å². The zero-order chi connectivity index (χ0) is 20.8. The van der Waals surface area contributed by atoms with Crippen LogP contribution in [0.25, 0.3) is 6.08 Å². The number of aromatic amines is 2. The van der Waals surface area contributed by atoms with E-state index in [0.29, 0.717) is 5.92 Å². The van der Waals surface area contributed by atoms with Crippen LogP contribution >= 0.6 is 0 Å². The first kappa shape index (κ1) is 20.8. The molecule has 2 aromatic rings. The van der Waals surface area contributed by atoms with Gasteiger partial charge in [-0.1, -0.05) is 45.4 Å². The molecule has 1 aliphatic carbocycles. The smallest absolute Gasteiger partial charge is 0.146 e. The quantitative estimate of drug-likeness (QED) is 0.540. The molecule has 0 saturated carbocycles. The molecule has 2 aromatic heterocycles. The molecule has 160 valence electrons. The highest BCUT2D eigenvalue weighted by molar-refractivity contribution is 6.11. The van der Waals surface area contributed by atoms with Gasteiger partial charge in [0.15, 0.2) is 0 Å². The summed E-state index contributed by atoms with van der Waals surface area (Å²) in [6.07, 6.45) is 19.1. The Balaban J connectivity index is 1.69. The summed E-state index contributed by atoms with van der Waals surface area (Å²) in [6, 6.07) is 6.49. The highest BCUT2D eigenvalue weighted by atomic mass is 16.5. The first-order chi connectivity index (χ1) is 14.8. The average molecular weight is 406 g/mol. The third-order valence-electron chi connectivity index (χ3n) is 6.42. The molecule has 0 saturated heterocycles. The standard InChI is InChI=1S/C26H35N3O/c1-3-4-11-19-12-8-6-5-7-9-13-20-16-21(19)23(28-20)17-25-26(30-2)18-24(29-25)22-14-10-15-27-22/h10,14-19,27-28H,3-9,11-13H2,1-2H3/b25-17+. The molecular formula is C26H35N3O. The van der Waals surface area contributed by atoms with Crippen LogP contribution in [0, 0.1) is 0 Å². The van der Waals surface area contributed by atoms with E-state index in [9.17, 15) is 0 Å². The zero-order valence-corrected chi connectivity index (χ0v) is 18.5. The molecule has 2 aliphatic rings. The summed E-state index contributed by atoms with van der Waals surface area (Å²) in [6.45, 7) is 2.29. The van der Waals surface area contributed by atoms with Crippen LogP contribution in [0.5, 0.6) is 0 Å². The average Bonchev–Trinajstić information content (AvgIpc) is 3.48. The number of hydrogen-bond donors (Lipinski definition) is 2. The highest BCUT2D eigenvalue weighted by Crippen LogP contribution is 2.35. The van der Waals surface area contributed by atoms with E-state index in [4.69, 9.17) is 9.73 Å². The van der Waals surface area contributed by atoms with Crippen LogP contribution in [0.2, 0.25) is 0 Å². The van der Waals surface area contributed by atoms with Crippen molar-refractivity contribution >= 4 is 11.8 Å². The molecule has 1 unspecified atom stereocenters. The predicted octanol–water partition coefficient (Wildman–Crippen LogP) is 6.89. The molecule has 3 heterocycles. The summed E-state index contributed by atoms with van der Waals surface area (Å²) in [7, 11) is 1.73. The molecule has 4 heteroatoms. The Morgan fingerprint density at radius 2 is 2.07 bits per heavy atom. The van der Waals surface area contributed by atoms with Gasteiger partial charge < -0.3 is 14.7 Å². The largest absolute Gasteiger partial charge is 0.494 e. The molecule has 1 atom stereocenters. The van der Waals surface area contributed by atoms with Gasteiger partial charge in [0, 0.05) is 23.7 Å². The minimum absolute atomic E-state index is 0.628. The molecule has 1 aliphatic heterocycles. The lowest BCUT2D eigenvalue weighted by molar-refractivity contribution is 0.303. The summed E-state index contributed by atoms with van der Waals surface area (Å²) in [5.74, 6) is 1.45. The number of aryl methyl sites for hydroxylation is 1. The van der Waals surface area contributed by atoms with Crippen LogP contribution in [0.4, 0.5) is 0 Å². The van der Waals surface area contributed by atoms with Crippen LogP contribution in [0.3, 0.4) is 0 Å². The van der Waals surface area contributed by atoms with Crippen molar-refractivity contribution in [2.75, 3.05) is 7.11 Å². The van der Waals surface area contributed by atoms with E-state index in [1.54, 1.807) is 7.11 Å². The fourth-order valence-electron chi connectivity index (χ4n) is 4.73. The number of rotatable bonds is 6. The molecule has 0 spiro atoms. The zero-order valence-electron chi connectivity index (χ0n) is 18.5. The number of nitrogens with zero attached hydrogens (tertiary/aromatic N) is 1. The number of aromatic nitrogens is 2. The minimum atomic E-state index is 0.628. The SMILES string of the molecule is CCCCC1CCCCCCCc2cc1c(/C=C1/N=C(c3ccc[nH]3)C=C1OC)[nH]2. The van der Waals surface area contributed by atoms with Gasteiger partial charge in [-0.2, -0.15) is 0 Å². The van der Waals surface area contributed by atoms with Gasteiger partial charge in [0.2, 0.25) is 0 Å². The molecular weight excluding hydrogens is 370 g/mol. The van der Waals surface area contributed by atoms with Gasteiger partial charge in [-0.25, -0.2) is 4.99 Å². The molecule has 4 rings (SSSR count). The van der Waals surface area contributed by atoms with E-state index in [1.165, 1.54) is 74.7 Å². The van der Waals surface area contributed by atoms with E-state index < -0.39 is 0 Å². The third kappa shape index (κ3) is 4.80. The van der Waals surface area contributed by atoms with Crippen molar-refractivity contribution in [3.63, 3.8) is 0 Å². The summed E-state index contributed by atoms with van der Waals surface area (Å²) in [5, 5.41) is 0. The Morgan fingerprint density at radius 3 is 2.87 bits per heavy atom. The molecule has 0 radical (unpaired) electrons. The number of nitrogens with one attached hydrogen (secondary N) is 2. The lowest BCUT2D eigenvalue weighted by Crippen LogP contribution is -2.01. The van der Waals surface area contributed by atoms with Gasteiger partial charge in [0.05, 0.1) is 18.5 Å². The second-order valence-corrected chi connectivity index (χ2v) is 8.63. The van der Waals surface area contributed by atoms with E-state index in [-0.39, 0.29) is 0 Å². The Bertz CT molecular complexity index is 914. The molecule has 30 heavy (non-hydrogen) atoms. The summed E-state index contributed by atoms with van der Waals surface area (Å²) in [5.41, 5.74) is 6.91. The van der Waals surface area contributed by atoms with Crippen LogP contribution in [0.15, 0.2) is 46.9 Å². The normalized spacial score (nSPS) is 21.3. The van der Waals surface area contributed by atoms with E-state index in [2.05, 4.69) is 29.0 Å². The van der Waals surface area contributed by atoms with Gasteiger partial charge >= 0.3 is 0 Å². The lowest BCUT2D eigenvalue weighted by Gasteiger charge is -2.17. The summed E-state index contributed by atoms with van der Waals surface area (Å²) >= 11 is 0. The molecule has 0 fully saturated rings. The Hall–Kier alpha value is -2.49. The fraction of sp³-hybridized carbons (Fsp3) is 0.500. The van der Waals surface area contributed by atoms with Crippen molar-refractivity contribution in [1.82, 2.24) is 9.97 Å². The number of fused-ring (bicyclic) bond motifs is 2. The lowest BCUT2D eigenvalue weighted by atomic mass is 9.88. The Morgan fingerprint density at radius 1 is 1.20 bits per heavy atom. The number of allylic oxidation sites excluding steroid dienone is 1. The van der Waals surface area contributed by atoms with Gasteiger partial charge in [-0.05, 0) is 61.4 Å². The maximum absolute atomic E-state index is 5.67. The van der Waals surface area contributed by atoms with Gasteiger partial charge in [0.25, 0.3) is 0 Å². The summed E-state index contributed by atoms with van der Waals surface area (Å²) < 4.78 is 5.67. The second-order valence-electron chi connectivity index (χ2n) is 8.63. The maximum Gasteiger partial charge on any atom is 0.146 e. The van der Waals surface area contributed by atoms with Crippen molar-refractivity contribution in [2.45, 2.75) is 77.0 Å². The van der Waals surface area contributed by atoms with E-state index in [0.717, 1.165) is 29.3 Å². The second kappa shape index (κ2) is 10.0. The number of unbranched alkanes of at least 4 members (excludes halogenated alkanes) is 1. The monoisotopic (exact) mass is 405 g/mol. The van der Waals surface area contributed by atoms with Gasteiger partial charge in [-0.3, -0.25) is 0 Å². The number of methoxy groups -OCH3 is 1. The first-order valence-corrected chi connectivity index (χ1v) is 11.7. The van der Waals surface area contributed by atoms with Gasteiger partial charge in [-0.15, -0.1) is 0 Å². The van der Waals surface area contributed by atoms with Gasteiger partial charge in [0.1, 0.15) is 11.5 Å². The summed E-state index contributed by atoms with van der Waals surface area (Å²) in [4.78, 5) is 11.9. The Labute approximate surface area is 180 Å². The fourth-order valence-corrected chi connectivity index (χ4v) is 4.73. The molecule has 0 amide bonds. The van der Waals surface area contributed by atoms with Crippen molar-refractivity contribution in [1.29, 1.82) is 0 Å². The van der Waals surface area contributed by atoms with Crippen molar-refractivity contribution in [3.05, 3.63) is 64.6 Å². The molecule has 2 bridgehead atoms. The highest BCUT2D eigenvalue weighted by Gasteiger charge is 2.21. The number of H-pyrrole nitrogens is 2. The first-order valence-electron chi connectivity index (χ1n) is 11.7. The predicted molar refractivity (Wildman–Crippen MR) is 125 cm³/mol. The topological polar surface area (TPSA) is 53.2 Å². The van der Waals surface area contributed by atoms with Crippen LogP contribution < -0.4 is 0 Å². The molecule has 2 N–H and O–H groups in total. The number of aliphatic imine (C=N–C) groups is 1. The van der Waals surface area contributed by atoms with Crippen LogP contribution in [-0.4, -0.2) is 22.8 Å². The number of hydrogen-bond acceptors (Lipinski definition) is 2. The van der Waals surface area contributed by atoms with E-state index in [1.807, 2.05) is 24.4 Å². The number of ether oxygens (including phenoxy) is 1. The van der Waals surface area contributed by atoms with Crippen LogP contribution in [-0.2, 0) is 11.2 Å². The third-order valence-corrected chi connectivity index (χ3v) is 6.42. The van der Waals surface area contributed by atoms with Crippen molar-refractivity contribution in [2.24, 2.45) is 4.99 Å². The molecule has 4 nitrogen and oxygen atoms in total. The minimum Gasteiger partial charge on any atom is -0.494 e. The van der Waals surface area contributed by atoms with Crippen LogP contribution in [0.1, 0.15) is 93.3 Å². The Kier molecular flexibility index (Phi) is 6.93. The van der Waals surface area contributed by atoms with Crippen molar-refractivity contribution in [3.8, 4) is 0 Å².